The average Bonchev–Trinajstić information content (AvgIpc) is 2.87. The van der Waals surface area contributed by atoms with E-state index in [1.54, 1.807) is 0 Å². The van der Waals surface area contributed by atoms with Gasteiger partial charge >= 0.3 is 0 Å². The number of rotatable bonds is 4. The molecule has 5 heteroatoms. The molecule has 1 saturated carbocycles. The number of thioether (sulfide) groups is 1. The van der Waals surface area contributed by atoms with Crippen LogP contribution < -0.4 is 10.6 Å². The van der Waals surface area contributed by atoms with E-state index in [1.165, 1.54) is 19.3 Å². The zero-order valence-corrected chi connectivity index (χ0v) is 12.1. The fraction of sp³-hybridized carbons (Fsp3) is 0.923. The van der Waals surface area contributed by atoms with Gasteiger partial charge in [-0.1, -0.05) is 12.8 Å². The third-order valence-electron chi connectivity index (χ3n) is 4.12. The molecule has 2 rings (SSSR count). The van der Waals surface area contributed by atoms with Gasteiger partial charge in [-0.05, 0) is 26.1 Å². The molecule has 0 aromatic rings. The number of carbonyl (C=O) groups is 1. The Morgan fingerprint density at radius 2 is 2.00 bits per heavy atom. The first-order valence-electron chi connectivity index (χ1n) is 6.84. The van der Waals surface area contributed by atoms with Gasteiger partial charge < -0.3 is 15.4 Å². The molecule has 2 aliphatic rings. The smallest absolute Gasteiger partial charge is 0.227 e. The lowest BCUT2D eigenvalue weighted by Gasteiger charge is -2.32. The molecule has 1 amide bonds. The minimum atomic E-state index is -0.0283. The minimum absolute atomic E-state index is 0.0283. The number of likely N-dealkylation sites (N-methyl/N-ethyl adjacent to an activating group) is 1. The van der Waals surface area contributed by atoms with Gasteiger partial charge in [0.1, 0.15) is 0 Å². The molecule has 1 saturated heterocycles. The first-order valence-corrected chi connectivity index (χ1v) is 8.13. The largest absolute Gasteiger partial charge is 0.379 e. The highest BCUT2D eigenvalue weighted by Gasteiger charge is 2.35. The molecule has 2 fully saturated rings. The maximum atomic E-state index is 12.3. The second-order valence-corrected chi connectivity index (χ2v) is 6.29. The van der Waals surface area contributed by atoms with Crippen molar-refractivity contribution < 1.29 is 9.53 Å². The molecule has 4 unspecified atom stereocenters. The lowest BCUT2D eigenvalue weighted by molar-refractivity contribution is -0.126. The molecule has 2 N–H and O–H groups in total. The molecular formula is C13H24N2O2S. The quantitative estimate of drug-likeness (QED) is 0.802. The molecule has 4 nitrogen and oxygen atoms in total. The molecule has 104 valence electrons. The van der Waals surface area contributed by atoms with E-state index >= 15 is 0 Å². The first kappa shape index (κ1) is 14.2. The van der Waals surface area contributed by atoms with Crippen LogP contribution in [0.5, 0.6) is 0 Å². The predicted molar refractivity (Wildman–Crippen MR) is 74.9 cm³/mol. The summed E-state index contributed by atoms with van der Waals surface area (Å²) in [6, 6.07) is 0.515. The molecule has 0 bridgehead atoms. The molecule has 0 spiro atoms. The molecule has 1 aliphatic carbocycles. The molecule has 1 heterocycles. The summed E-state index contributed by atoms with van der Waals surface area (Å²) in [6.45, 7) is 1.19. The Kier molecular flexibility index (Phi) is 5.33. The number of ether oxygens (including phenoxy) is 1. The fourth-order valence-corrected chi connectivity index (χ4v) is 3.87. The minimum Gasteiger partial charge on any atom is -0.379 e. The van der Waals surface area contributed by atoms with Crippen LogP contribution in [0.1, 0.15) is 25.7 Å². The molecule has 0 aromatic heterocycles. The van der Waals surface area contributed by atoms with Crippen molar-refractivity contribution in [2.24, 2.45) is 5.92 Å². The van der Waals surface area contributed by atoms with E-state index in [0.29, 0.717) is 24.5 Å². The monoisotopic (exact) mass is 272 g/mol. The fourth-order valence-electron chi connectivity index (χ4n) is 2.93. The maximum Gasteiger partial charge on any atom is 0.227 e. The van der Waals surface area contributed by atoms with Crippen LogP contribution in [-0.2, 0) is 9.53 Å². The van der Waals surface area contributed by atoms with Crippen molar-refractivity contribution in [1.82, 2.24) is 10.6 Å². The van der Waals surface area contributed by atoms with Crippen molar-refractivity contribution in [1.29, 1.82) is 0 Å². The predicted octanol–water partition coefficient (Wildman–Crippen LogP) is 1.01. The molecule has 1 aliphatic heterocycles. The molecule has 0 aromatic carbocycles. The van der Waals surface area contributed by atoms with Gasteiger partial charge in [0.25, 0.3) is 0 Å². The normalized spacial score (nSPS) is 36.6. The molecule has 0 radical (unpaired) electrons. The Morgan fingerprint density at radius 3 is 2.72 bits per heavy atom. The van der Waals surface area contributed by atoms with E-state index in [1.807, 2.05) is 18.8 Å². The van der Waals surface area contributed by atoms with Crippen molar-refractivity contribution in [3.8, 4) is 0 Å². The summed E-state index contributed by atoms with van der Waals surface area (Å²) in [7, 11) is 1.89. The van der Waals surface area contributed by atoms with Gasteiger partial charge in [-0.15, -0.1) is 0 Å². The van der Waals surface area contributed by atoms with Crippen molar-refractivity contribution >= 4 is 17.7 Å². The SMILES string of the molecule is CNC1COCC1C(=O)NC1CCCCC1SC. The third kappa shape index (κ3) is 3.19. The summed E-state index contributed by atoms with van der Waals surface area (Å²) in [4.78, 5) is 12.3. The molecule has 4 atom stereocenters. The second-order valence-electron chi connectivity index (χ2n) is 5.21. The van der Waals surface area contributed by atoms with Gasteiger partial charge in [0.2, 0.25) is 5.91 Å². The van der Waals surface area contributed by atoms with Gasteiger partial charge in [0, 0.05) is 17.3 Å². The number of hydrogen-bond donors (Lipinski definition) is 2. The van der Waals surface area contributed by atoms with E-state index in [4.69, 9.17) is 4.74 Å². The Labute approximate surface area is 114 Å². The van der Waals surface area contributed by atoms with E-state index in [-0.39, 0.29) is 17.9 Å². The van der Waals surface area contributed by atoms with E-state index < -0.39 is 0 Å². The highest BCUT2D eigenvalue weighted by Crippen LogP contribution is 2.27. The zero-order valence-electron chi connectivity index (χ0n) is 11.3. The van der Waals surface area contributed by atoms with Crippen molar-refractivity contribution in [2.45, 2.75) is 43.0 Å². The highest BCUT2D eigenvalue weighted by atomic mass is 32.2. The number of nitrogens with one attached hydrogen (secondary N) is 2. The highest BCUT2D eigenvalue weighted by molar-refractivity contribution is 7.99. The van der Waals surface area contributed by atoms with Gasteiger partial charge in [-0.25, -0.2) is 0 Å². The van der Waals surface area contributed by atoms with Crippen molar-refractivity contribution in [3.05, 3.63) is 0 Å². The number of amides is 1. The van der Waals surface area contributed by atoms with Crippen molar-refractivity contribution in [2.75, 3.05) is 26.5 Å². The maximum absolute atomic E-state index is 12.3. The van der Waals surface area contributed by atoms with Crippen LogP contribution in [0.4, 0.5) is 0 Å². The van der Waals surface area contributed by atoms with E-state index in [2.05, 4.69) is 16.9 Å². The van der Waals surface area contributed by atoms with Gasteiger partial charge in [0.05, 0.1) is 19.1 Å². The lowest BCUT2D eigenvalue weighted by atomic mass is 9.93. The summed E-state index contributed by atoms with van der Waals surface area (Å²) < 4.78 is 5.40. The van der Waals surface area contributed by atoms with Crippen molar-refractivity contribution in [3.63, 3.8) is 0 Å². The van der Waals surface area contributed by atoms with Gasteiger partial charge in [-0.3, -0.25) is 4.79 Å². The Bertz CT molecular complexity index is 288. The average molecular weight is 272 g/mol. The zero-order chi connectivity index (χ0) is 13.0. The summed E-state index contributed by atoms with van der Waals surface area (Å²) >= 11 is 1.88. The summed E-state index contributed by atoms with van der Waals surface area (Å²) in [5, 5.41) is 6.99. The summed E-state index contributed by atoms with van der Waals surface area (Å²) in [6.07, 6.45) is 7.02. The third-order valence-corrected chi connectivity index (χ3v) is 5.29. The van der Waals surface area contributed by atoms with Crippen LogP contribution in [0.25, 0.3) is 0 Å². The van der Waals surface area contributed by atoms with Crippen LogP contribution in [0, 0.1) is 5.92 Å². The standard InChI is InChI=1S/C13H24N2O2S/c1-14-11-8-17-7-9(11)13(16)15-10-5-3-4-6-12(10)18-2/h9-12,14H,3-8H2,1-2H3,(H,15,16). The Hall–Kier alpha value is -0.260. The summed E-state index contributed by atoms with van der Waals surface area (Å²) in [5.74, 6) is 0.136. The number of carbonyl (C=O) groups excluding carboxylic acids is 1. The van der Waals surface area contributed by atoms with Crippen LogP contribution in [0.15, 0.2) is 0 Å². The lowest BCUT2D eigenvalue weighted by Crippen LogP contribution is -2.49. The first-order chi connectivity index (χ1) is 8.76. The molecule has 18 heavy (non-hydrogen) atoms. The van der Waals surface area contributed by atoms with E-state index in [0.717, 1.165) is 6.42 Å². The van der Waals surface area contributed by atoms with Crippen LogP contribution in [0.3, 0.4) is 0 Å². The van der Waals surface area contributed by atoms with Crippen LogP contribution in [-0.4, -0.2) is 49.8 Å². The van der Waals surface area contributed by atoms with Gasteiger partial charge in [-0.2, -0.15) is 11.8 Å². The van der Waals surface area contributed by atoms with Crippen LogP contribution >= 0.6 is 11.8 Å². The molecular weight excluding hydrogens is 248 g/mol. The Morgan fingerprint density at radius 1 is 1.22 bits per heavy atom. The topological polar surface area (TPSA) is 50.4 Å². The summed E-state index contributed by atoms with van der Waals surface area (Å²) in [5.41, 5.74) is 0. The van der Waals surface area contributed by atoms with E-state index in [9.17, 15) is 4.79 Å². The van der Waals surface area contributed by atoms with Crippen LogP contribution in [0.2, 0.25) is 0 Å². The number of hydrogen-bond acceptors (Lipinski definition) is 4. The second kappa shape index (κ2) is 6.78. The Balaban J connectivity index is 1.89. The van der Waals surface area contributed by atoms with Gasteiger partial charge in [0.15, 0.2) is 0 Å².